The van der Waals surface area contributed by atoms with Crippen LogP contribution in [0.15, 0.2) is 23.1 Å². The van der Waals surface area contributed by atoms with Crippen LogP contribution < -0.4 is 5.56 Å². The lowest BCUT2D eigenvalue weighted by molar-refractivity contribution is -0.144. The zero-order valence-electron chi connectivity index (χ0n) is 8.40. The molecular weight excluding hydrogens is 218 g/mol. The number of hydrogen-bond donors (Lipinski definition) is 0. The standard InChI is InChI=1S/C10H12ClNO3/c1-2-5-15-10(14)7-12-6-8(11)3-4-9(12)13/h3-4,6H,2,5,7H2,1H3. The zero-order valence-corrected chi connectivity index (χ0v) is 9.16. The molecule has 1 aromatic rings. The van der Waals surface area contributed by atoms with Crippen molar-refractivity contribution in [2.45, 2.75) is 19.9 Å². The fourth-order valence-corrected chi connectivity index (χ4v) is 1.21. The van der Waals surface area contributed by atoms with E-state index < -0.39 is 5.97 Å². The molecule has 0 amide bonds. The number of hydrogen-bond acceptors (Lipinski definition) is 3. The van der Waals surface area contributed by atoms with Crippen LogP contribution in [0, 0.1) is 0 Å². The Hall–Kier alpha value is -1.29. The van der Waals surface area contributed by atoms with Crippen molar-refractivity contribution in [2.75, 3.05) is 6.61 Å². The molecule has 0 N–H and O–H groups in total. The normalized spacial score (nSPS) is 10.0. The molecule has 1 aromatic heterocycles. The first-order chi connectivity index (χ1) is 7.13. The van der Waals surface area contributed by atoms with Crippen LogP contribution in [0.3, 0.4) is 0 Å². The summed E-state index contributed by atoms with van der Waals surface area (Å²) in [6.45, 7) is 2.17. The summed E-state index contributed by atoms with van der Waals surface area (Å²) in [5.74, 6) is -0.429. The van der Waals surface area contributed by atoms with Crippen LogP contribution in [-0.2, 0) is 16.1 Å². The summed E-state index contributed by atoms with van der Waals surface area (Å²) in [4.78, 5) is 22.5. The van der Waals surface area contributed by atoms with Gasteiger partial charge in [-0.25, -0.2) is 0 Å². The first-order valence-corrected chi connectivity index (χ1v) is 5.03. The Kier molecular flexibility index (Phi) is 4.37. The van der Waals surface area contributed by atoms with E-state index in [0.717, 1.165) is 6.42 Å². The van der Waals surface area contributed by atoms with Crippen molar-refractivity contribution in [3.05, 3.63) is 33.7 Å². The van der Waals surface area contributed by atoms with E-state index in [9.17, 15) is 9.59 Å². The molecule has 1 rings (SSSR count). The Balaban J connectivity index is 2.68. The lowest BCUT2D eigenvalue weighted by Crippen LogP contribution is -2.24. The number of esters is 1. The van der Waals surface area contributed by atoms with E-state index in [1.54, 1.807) is 0 Å². The molecule has 1 heterocycles. The second-order valence-electron chi connectivity index (χ2n) is 3.03. The van der Waals surface area contributed by atoms with Crippen LogP contribution in [0.25, 0.3) is 0 Å². The highest BCUT2D eigenvalue weighted by Crippen LogP contribution is 2.03. The fraction of sp³-hybridized carbons (Fsp3) is 0.400. The molecule has 0 bridgehead atoms. The number of carbonyl (C=O) groups excluding carboxylic acids is 1. The lowest BCUT2D eigenvalue weighted by Gasteiger charge is -2.05. The van der Waals surface area contributed by atoms with Crippen molar-refractivity contribution in [2.24, 2.45) is 0 Å². The largest absolute Gasteiger partial charge is 0.464 e. The van der Waals surface area contributed by atoms with Gasteiger partial charge in [0.2, 0.25) is 0 Å². The van der Waals surface area contributed by atoms with Gasteiger partial charge >= 0.3 is 5.97 Å². The summed E-state index contributed by atoms with van der Waals surface area (Å²) in [5.41, 5.74) is -0.271. The van der Waals surface area contributed by atoms with Crippen LogP contribution in [-0.4, -0.2) is 17.1 Å². The average Bonchev–Trinajstić information content (AvgIpc) is 2.20. The van der Waals surface area contributed by atoms with Crippen molar-refractivity contribution in [3.63, 3.8) is 0 Å². The summed E-state index contributed by atoms with van der Waals surface area (Å²) in [6.07, 6.45) is 2.17. The maximum absolute atomic E-state index is 11.3. The van der Waals surface area contributed by atoms with Gasteiger partial charge in [0.05, 0.1) is 11.6 Å². The van der Waals surface area contributed by atoms with Gasteiger partial charge in [0.1, 0.15) is 6.54 Å². The molecule has 0 saturated heterocycles. The second kappa shape index (κ2) is 5.56. The maximum Gasteiger partial charge on any atom is 0.326 e. The van der Waals surface area contributed by atoms with E-state index in [-0.39, 0.29) is 12.1 Å². The van der Waals surface area contributed by atoms with E-state index in [0.29, 0.717) is 11.6 Å². The van der Waals surface area contributed by atoms with Crippen molar-refractivity contribution in [1.29, 1.82) is 0 Å². The summed E-state index contributed by atoms with van der Waals surface area (Å²) in [6, 6.07) is 2.80. The number of carbonyl (C=O) groups is 1. The van der Waals surface area contributed by atoms with Gasteiger partial charge in [0.15, 0.2) is 0 Å². The Labute approximate surface area is 92.4 Å². The van der Waals surface area contributed by atoms with Crippen LogP contribution in [0.2, 0.25) is 5.02 Å². The minimum absolute atomic E-state index is 0.0978. The van der Waals surface area contributed by atoms with E-state index in [2.05, 4.69) is 0 Å². The predicted molar refractivity (Wildman–Crippen MR) is 57.0 cm³/mol. The van der Waals surface area contributed by atoms with Crippen LogP contribution in [0.4, 0.5) is 0 Å². The monoisotopic (exact) mass is 229 g/mol. The van der Waals surface area contributed by atoms with E-state index in [4.69, 9.17) is 16.3 Å². The first kappa shape index (κ1) is 11.8. The SMILES string of the molecule is CCCOC(=O)Cn1cc(Cl)ccc1=O. The highest BCUT2D eigenvalue weighted by atomic mass is 35.5. The number of pyridine rings is 1. The smallest absolute Gasteiger partial charge is 0.326 e. The zero-order chi connectivity index (χ0) is 11.3. The summed E-state index contributed by atoms with van der Waals surface area (Å²) < 4.78 is 6.07. The average molecular weight is 230 g/mol. The van der Waals surface area contributed by atoms with Gasteiger partial charge in [-0.15, -0.1) is 0 Å². The molecule has 0 saturated carbocycles. The molecule has 0 aliphatic carbocycles. The Morgan fingerprint density at radius 1 is 1.53 bits per heavy atom. The minimum atomic E-state index is -0.429. The Morgan fingerprint density at radius 3 is 2.93 bits per heavy atom. The summed E-state index contributed by atoms with van der Waals surface area (Å²) >= 11 is 5.69. The molecule has 0 spiro atoms. The van der Waals surface area contributed by atoms with Gasteiger partial charge in [-0.3, -0.25) is 9.59 Å². The minimum Gasteiger partial charge on any atom is -0.464 e. The molecule has 0 radical (unpaired) electrons. The molecule has 0 unspecified atom stereocenters. The Morgan fingerprint density at radius 2 is 2.27 bits per heavy atom. The van der Waals surface area contributed by atoms with E-state index >= 15 is 0 Å². The predicted octanol–water partition coefficient (Wildman–Crippen LogP) is 1.45. The van der Waals surface area contributed by atoms with Crippen molar-refractivity contribution < 1.29 is 9.53 Å². The maximum atomic E-state index is 11.3. The molecule has 4 nitrogen and oxygen atoms in total. The Bertz CT molecular complexity index is 400. The highest BCUT2D eigenvalue weighted by Gasteiger charge is 2.05. The quantitative estimate of drug-likeness (QED) is 0.735. The van der Waals surface area contributed by atoms with Gasteiger partial charge in [0, 0.05) is 12.3 Å². The number of nitrogens with zero attached hydrogens (tertiary/aromatic N) is 1. The van der Waals surface area contributed by atoms with Crippen molar-refractivity contribution >= 4 is 17.6 Å². The molecule has 5 heteroatoms. The fourth-order valence-electron chi connectivity index (χ4n) is 1.03. The molecule has 0 atom stereocenters. The third kappa shape index (κ3) is 3.75. The van der Waals surface area contributed by atoms with Gasteiger partial charge in [-0.05, 0) is 12.5 Å². The van der Waals surface area contributed by atoms with Crippen LogP contribution in [0.1, 0.15) is 13.3 Å². The number of halogens is 1. The number of rotatable bonds is 4. The number of ether oxygens (including phenoxy) is 1. The van der Waals surface area contributed by atoms with Crippen molar-refractivity contribution in [1.82, 2.24) is 4.57 Å². The summed E-state index contributed by atoms with van der Waals surface area (Å²) in [5, 5.41) is 0.415. The molecular formula is C10H12ClNO3. The van der Waals surface area contributed by atoms with E-state index in [1.807, 2.05) is 6.92 Å². The molecule has 0 aliphatic heterocycles. The van der Waals surface area contributed by atoms with E-state index in [1.165, 1.54) is 22.9 Å². The molecule has 0 aromatic carbocycles. The number of aromatic nitrogens is 1. The van der Waals surface area contributed by atoms with Gasteiger partial charge < -0.3 is 9.30 Å². The topological polar surface area (TPSA) is 48.3 Å². The second-order valence-corrected chi connectivity index (χ2v) is 3.47. The molecule has 15 heavy (non-hydrogen) atoms. The van der Waals surface area contributed by atoms with Gasteiger partial charge in [-0.2, -0.15) is 0 Å². The third-order valence-corrected chi connectivity index (χ3v) is 1.94. The molecule has 0 fully saturated rings. The third-order valence-electron chi connectivity index (χ3n) is 1.71. The lowest BCUT2D eigenvalue weighted by atomic mass is 10.4. The molecule has 0 aliphatic rings. The van der Waals surface area contributed by atoms with Crippen LogP contribution >= 0.6 is 11.6 Å². The summed E-state index contributed by atoms with van der Waals surface area (Å²) in [7, 11) is 0. The van der Waals surface area contributed by atoms with Gasteiger partial charge in [-0.1, -0.05) is 18.5 Å². The van der Waals surface area contributed by atoms with Gasteiger partial charge in [0.25, 0.3) is 5.56 Å². The van der Waals surface area contributed by atoms with Crippen LogP contribution in [0.5, 0.6) is 0 Å². The molecule has 82 valence electrons. The van der Waals surface area contributed by atoms with Crippen molar-refractivity contribution in [3.8, 4) is 0 Å². The first-order valence-electron chi connectivity index (χ1n) is 4.65. The highest BCUT2D eigenvalue weighted by molar-refractivity contribution is 6.30.